The van der Waals surface area contributed by atoms with Crippen molar-refractivity contribution < 1.29 is 12.8 Å². The van der Waals surface area contributed by atoms with E-state index in [2.05, 4.69) is 19.9 Å². The minimum absolute atomic E-state index is 0.0129. The maximum atomic E-state index is 14.0. The van der Waals surface area contributed by atoms with Crippen LogP contribution in [0.5, 0.6) is 0 Å². The van der Waals surface area contributed by atoms with Gasteiger partial charge in [0.05, 0.1) is 11.1 Å². The molecule has 0 unspecified atom stereocenters. The zero-order valence-corrected chi connectivity index (χ0v) is 16.1. The summed E-state index contributed by atoms with van der Waals surface area (Å²) in [6.07, 6.45) is 4.74. The van der Waals surface area contributed by atoms with Crippen LogP contribution in [0, 0.1) is 11.7 Å². The number of nitrogens with one attached hydrogen (secondary N) is 1. The summed E-state index contributed by atoms with van der Waals surface area (Å²) in [7, 11) is -1.74. The number of rotatable bonds is 5. The first-order chi connectivity index (χ1) is 12.8. The number of aromatic nitrogens is 3. The van der Waals surface area contributed by atoms with Crippen molar-refractivity contribution in [3.63, 3.8) is 0 Å². The van der Waals surface area contributed by atoms with Crippen LogP contribution in [0.25, 0.3) is 11.0 Å². The van der Waals surface area contributed by atoms with Gasteiger partial charge in [0.15, 0.2) is 9.84 Å². The van der Waals surface area contributed by atoms with Crippen molar-refractivity contribution in [3.05, 3.63) is 47.6 Å². The molecule has 0 radical (unpaired) electrons. The molecule has 2 aromatic heterocycles. The van der Waals surface area contributed by atoms with E-state index in [1.165, 1.54) is 18.5 Å². The number of aromatic amines is 1. The largest absolute Gasteiger partial charge is 0.356 e. The summed E-state index contributed by atoms with van der Waals surface area (Å²) in [4.78, 5) is 13.4. The van der Waals surface area contributed by atoms with Gasteiger partial charge in [0, 0.05) is 24.3 Å². The molecule has 1 saturated carbocycles. The summed E-state index contributed by atoms with van der Waals surface area (Å²) < 4.78 is 39.0. The van der Waals surface area contributed by atoms with Gasteiger partial charge in [-0.1, -0.05) is 11.6 Å². The molecule has 9 heteroatoms. The van der Waals surface area contributed by atoms with Crippen LogP contribution in [0.3, 0.4) is 0 Å². The molecule has 2 heterocycles. The fourth-order valence-corrected chi connectivity index (χ4v) is 5.46. The Hall–Kier alpha value is -2.19. The Labute approximate surface area is 161 Å². The third-order valence-electron chi connectivity index (χ3n) is 5.11. The number of fused-ring (bicyclic) bond motifs is 1. The molecule has 0 bridgehead atoms. The standard InChI is InChI=1S/C18H18ClFN4O2S/c1-24(18-14-4-5-21-17(14)22-10-23-18)13-6-11(7-13)9-27(25,26)16-3-2-12(19)8-15(16)20/h2-5,8,10-11,13H,6-7,9H2,1H3,(H,21,22,23)/t11-,13+. The molecule has 1 aliphatic rings. The van der Waals surface area contributed by atoms with Crippen molar-refractivity contribution in [2.24, 2.45) is 5.92 Å². The van der Waals surface area contributed by atoms with Crippen LogP contribution >= 0.6 is 11.6 Å². The van der Waals surface area contributed by atoms with Crippen LogP contribution in [0.4, 0.5) is 10.2 Å². The molecule has 0 saturated heterocycles. The summed E-state index contributed by atoms with van der Waals surface area (Å²) in [5.41, 5.74) is 0.767. The van der Waals surface area contributed by atoms with E-state index in [-0.39, 0.29) is 27.6 Å². The second-order valence-electron chi connectivity index (χ2n) is 6.90. The van der Waals surface area contributed by atoms with Crippen molar-refractivity contribution in [3.8, 4) is 0 Å². The third-order valence-corrected chi connectivity index (χ3v) is 7.26. The number of halogens is 2. The fraction of sp³-hybridized carbons (Fsp3) is 0.333. The number of benzene rings is 1. The molecule has 1 aliphatic carbocycles. The first kappa shape index (κ1) is 18.2. The molecule has 0 aliphatic heterocycles. The van der Waals surface area contributed by atoms with Crippen LogP contribution in [0.2, 0.25) is 5.02 Å². The quantitative estimate of drug-likeness (QED) is 0.699. The van der Waals surface area contributed by atoms with Crippen molar-refractivity contribution in [1.29, 1.82) is 0 Å². The maximum absolute atomic E-state index is 14.0. The van der Waals surface area contributed by atoms with E-state index in [4.69, 9.17) is 11.6 Å². The van der Waals surface area contributed by atoms with Gasteiger partial charge in [0.25, 0.3) is 0 Å². The van der Waals surface area contributed by atoms with Crippen molar-refractivity contribution in [1.82, 2.24) is 15.0 Å². The molecule has 1 N–H and O–H groups in total. The maximum Gasteiger partial charge on any atom is 0.181 e. The van der Waals surface area contributed by atoms with Gasteiger partial charge >= 0.3 is 0 Å². The highest BCUT2D eigenvalue weighted by Gasteiger charge is 2.37. The molecule has 27 heavy (non-hydrogen) atoms. The second kappa shape index (κ2) is 6.76. The Morgan fingerprint density at radius 3 is 2.81 bits per heavy atom. The minimum Gasteiger partial charge on any atom is -0.356 e. The predicted octanol–water partition coefficient (Wildman–Crippen LogP) is 3.44. The first-order valence-corrected chi connectivity index (χ1v) is 10.6. The lowest BCUT2D eigenvalue weighted by molar-refractivity contribution is 0.282. The Morgan fingerprint density at radius 1 is 1.30 bits per heavy atom. The summed E-state index contributed by atoms with van der Waals surface area (Å²) in [6.45, 7) is 0. The Balaban J connectivity index is 1.44. The lowest BCUT2D eigenvalue weighted by Crippen LogP contribution is -2.45. The molecule has 3 aromatic rings. The Morgan fingerprint density at radius 2 is 2.07 bits per heavy atom. The fourth-order valence-electron chi connectivity index (χ4n) is 3.59. The average molecular weight is 409 g/mol. The summed E-state index contributed by atoms with van der Waals surface area (Å²) in [6, 6.07) is 5.77. The smallest absolute Gasteiger partial charge is 0.181 e. The topological polar surface area (TPSA) is 79.0 Å². The molecule has 142 valence electrons. The summed E-state index contributed by atoms with van der Waals surface area (Å²) in [5.74, 6) is -0.0668. The third kappa shape index (κ3) is 3.39. The number of H-pyrrole nitrogens is 1. The van der Waals surface area contributed by atoms with Crippen molar-refractivity contribution >= 4 is 38.3 Å². The van der Waals surface area contributed by atoms with E-state index in [9.17, 15) is 12.8 Å². The lowest BCUT2D eigenvalue weighted by Gasteiger charge is -2.41. The first-order valence-electron chi connectivity index (χ1n) is 8.54. The van der Waals surface area contributed by atoms with E-state index in [0.717, 1.165) is 22.9 Å². The SMILES string of the molecule is CN(c1ncnc2[nH]ccc12)[C@H]1C[C@@H](CS(=O)(=O)c2ccc(Cl)cc2F)C1. The minimum atomic E-state index is -3.69. The second-order valence-corrected chi connectivity index (χ2v) is 9.33. The van der Waals surface area contributed by atoms with Crippen molar-refractivity contribution in [2.45, 2.75) is 23.8 Å². The molecule has 4 rings (SSSR count). The Kier molecular flexibility index (Phi) is 4.55. The predicted molar refractivity (Wildman–Crippen MR) is 102 cm³/mol. The van der Waals surface area contributed by atoms with Crippen LogP contribution in [0.1, 0.15) is 12.8 Å². The molecule has 0 atom stereocenters. The molecule has 0 spiro atoms. The van der Waals surface area contributed by atoms with Gasteiger partial charge in [-0.3, -0.25) is 0 Å². The summed E-state index contributed by atoms with van der Waals surface area (Å²) in [5, 5.41) is 1.11. The van der Waals surface area contributed by atoms with Gasteiger partial charge < -0.3 is 9.88 Å². The van der Waals surface area contributed by atoms with E-state index in [1.807, 2.05) is 19.3 Å². The molecular formula is C18H18ClFN4O2S. The Bertz CT molecular complexity index is 1100. The highest BCUT2D eigenvalue weighted by Crippen LogP contribution is 2.37. The summed E-state index contributed by atoms with van der Waals surface area (Å²) >= 11 is 5.70. The molecule has 1 aromatic carbocycles. The van der Waals surface area contributed by atoms with Gasteiger partial charge in [-0.25, -0.2) is 22.8 Å². The zero-order valence-electron chi connectivity index (χ0n) is 14.6. The van der Waals surface area contributed by atoms with Gasteiger partial charge in [-0.2, -0.15) is 0 Å². The van der Waals surface area contributed by atoms with Crippen molar-refractivity contribution in [2.75, 3.05) is 17.7 Å². The number of hydrogen-bond acceptors (Lipinski definition) is 5. The van der Waals surface area contributed by atoms with E-state index in [0.29, 0.717) is 12.8 Å². The van der Waals surface area contributed by atoms with Crippen LogP contribution in [0.15, 0.2) is 41.7 Å². The monoisotopic (exact) mass is 408 g/mol. The highest BCUT2D eigenvalue weighted by atomic mass is 35.5. The van der Waals surface area contributed by atoms with Gasteiger partial charge in [-0.05, 0) is 43.0 Å². The van der Waals surface area contributed by atoms with Gasteiger partial charge in [0.1, 0.15) is 28.5 Å². The van der Waals surface area contributed by atoms with Crippen LogP contribution in [-0.2, 0) is 9.84 Å². The molecule has 1 fully saturated rings. The van der Waals surface area contributed by atoms with Gasteiger partial charge in [-0.15, -0.1) is 0 Å². The van der Waals surface area contributed by atoms with E-state index in [1.54, 1.807) is 0 Å². The number of nitrogens with zero attached hydrogens (tertiary/aromatic N) is 3. The van der Waals surface area contributed by atoms with E-state index < -0.39 is 15.7 Å². The molecule has 6 nitrogen and oxygen atoms in total. The molecular weight excluding hydrogens is 391 g/mol. The van der Waals surface area contributed by atoms with Gasteiger partial charge in [0.2, 0.25) is 0 Å². The number of sulfone groups is 1. The number of hydrogen-bond donors (Lipinski definition) is 1. The van der Waals surface area contributed by atoms with Crippen LogP contribution in [-0.4, -0.2) is 42.2 Å². The molecule has 0 amide bonds. The normalized spacial score (nSPS) is 19.8. The average Bonchev–Trinajstić information content (AvgIpc) is 3.05. The zero-order chi connectivity index (χ0) is 19.2. The van der Waals surface area contributed by atoms with E-state index >= 15 is 0 Å². The highest BCUT2D eigenvalue weighted by molar-refractivity contribution is 7.91. The lowest BCUT2D eigenvalue weighted by atomic mass is 9.81. The van der Waals surface area contributed by atoms with Crippen LogP contribution < -0.4 is 4.90 Å². The number of anilines is 1.